The van der Waals surface area contributed by atoms with E-state index in [1.807, 2.05) is 20.8 Å². The number of rotatable bonds is 1. The van der Waals surface area contributed by atoms with Crippen molar-refractivity contribution < 1.29 is 4.52 Å². The van der Waals surface area contributed by atoms with Gasteiger partial charge in [0.2, 0.25) is 0 Å². The Balaban J connectivity index is 2.50. The smallest absolute Gasteiger partial charge is 0.273 e. The lowest BCUT2D eigenvalue weighted by Gasteiger charge is -2.14. The Hall–Kier alpha value is -1.50. The number of hydrogen-bond donors (Lipinski definition) is 1. The minimum Gasteiger partial charge on any atom is -0.365 e. The zero-order valence-corrected chi connectivity index (χ0v) is 9.50. The Kier molecular flexibility index (Phi) is 2.18. The largest absolute Gasteiger partial charge is 0.365 e. The van der Waals surface area contributed by atoms with Crippen molar-refractivity contribution in [1.29, 1.82) is 0 Å². The van der Waals surface area contributed by atoms with Crippen LogP contribution in [-0.4, -0.2) is 19.7 Å². The molecule has 0 atom stereocenters. The monoisotopic (exact) mass is 225 g/mol. The van der Waals surface area contributed by atoms with E-state index in [-0.39, 0.29) is 11.4 Å². The summed E-state index contributed by atoms with van der Waals surface area (Å²) >= 11 is 1.23. The first kappa shape index (κ1) is 10.0. The fourth-order valence-electron chi connectivity index (χ4n) is 1.15. The molecule has 80 valence electrons. The summed E-state index contributed by atoms with van der Waals surface area (Å²) in [6.45, 7) is 6.15. The van der Waals surface area contributed by atoms with E-state index in [2.05, 4.69) is 19.7 Å². The van der Waals surface area contributed by atoms with Gasteiger partial charge in [-0.2, -0.15) is 4.98 Å². The van der Waals surface area contributed by atoms with E-state index in [1.54, 1.807) is 0 Å². The van der Waals surface area contributed by atoms with Crippen LogP contribution >= 0.6 is 11.5 Å². The maximum Gasteiger partial charge on any atom is 0.273 e. The Labute approximate surface area is 90.7 Å². The van der Waals surface area contributed by atoms with Crippen molar-refractivity contribution in [3.63, 3.8) is 0 Å². The summed E-state index contributed by atoms with van der Waals surface area (Å²) in [5.74, 6) is 0.505. The quantitative estimate of drug-likeness (QED) is 0.790. The van der Waals surface area contributed by atoms with Crippen LogP contribution in [-0.2, 0) is 5.41 Å². The molecular formula is C8H11N5OS. The topological polar surface area (TPSA) is 90.7 Å². The van der Waals surface area contributed by atoms with Crippen molar-refractivity contribution in [2.75, 3.05) is 5.73 Å². The van der Waals surface area contributed by atoms with Crippen molar-refractivity contribution >= 4 is 17.5 Å². The zero-order chi connectivity index (χ0) is 11.1. The highest BCUT2D eigenvalue weighted by Gasteiger charge is 2.26. The lowest BCUT2D eigenvalue weighted by Crippen LogP contribution is -2.13. The number of nitrogens with zero attached hydrogens (tertiary/aromatic N) is 4. The summed E-state index contributed by atoms with van der Waals surface area (Å²) in [6.07, 6.45) is 0. The number of nitrogens with two attached hydrogens (primary N) is 1. The van der Waals surface area contributed by atoms with Gasteiger partial charge in [-0.1, -0.05) is 25.3 Å². The molecule has 2 rings (SSSR count). The van der Waals surface area contributed by atoms with Gasteiger partial charge in [-0.05, 0) is 16.7 Å². The number of hydrogen-bond acceptors (Lipinski definition) is 7. The maximum absolute atomic E-state index is 5.39. The second-order valence-electron chi connectivity index (χ2n) is 4.16. The predicted octanol–water partition coefficient (Wildman–Crippen LogP) is 1.47. The van der Waals surface area contributed by atoms with Crippen LogP contribution in [0.15, 0.2) is 4.52 Å². The van der Waals surface area contributed by atoms with Crippen molar-refractivity contribution in [2.45, 2.75) is 26.2 Å². The van der Waals surface area contributed by atoms with E-state index in [0.29, 0.717) is 5.89 Å². The Morgan fingerprint density at radius 1 is 1.33 bits per heavy atom. The first-order valence-electron chi connectivity index (χ1n) is 4.41. The highest BCUT2D eigenvalue weighted by Crippen LogP contribution is 2.32. The lowest BCUT2D eigenvalue weighted by molar-refractivity contribution is 0.432. The van der Waals surface area contributed by atoms with Crippen LogP contribution in [0.4, 0.5) is 5.95 Å². The molecule has 0 spiro atoms. The molecule has 0 aromatic carbocycles. The van der Waals surface area contributed by atoms with Gasteiger partial charge < -0.3 is 10.3 Å². The minimum absolute atomic E-state index is 0.106. The van der Waals surface area contributed by atoms with Crippen molar-refractivity contribution in [2.24, 2.45) is 0 Å². The molecule has 2 N–H and O–H groups in total. The molecule has 0 radical (unpaired) electrons. The molecule has 0 aliphatic rings. The highest BCUT2D eigenvalue weighted by molar-refractivity contribution is 7.09. The fourth-order valence-corrected chi connectivity index (χ4v) is 1.95. The van der Waals surface area contributed by atoms with E-state index in [4.69, 9.17) is 10.3 Å². The second kappa shape index (κ2) is 3.27. The van der Waals surface area contributed by atoms with Gasteiger partial charge in [0, 0.05) is 5.41 Å². The normalized spacial score (nSPS) is 11.9. The zero-order valence-electron chi connectivity index (χ0n) is 8.68. The van der Waals surface area contributed by atoms with E-state index < -0.39 is 0 Å². The SMILES string of the molecule is CC(C)(C)c1nnsc1-c1nc(N)no1. The van der Waals surface area contributed by atoms with Gasteiger partial charge in [0.15, 0.2) is 0 Å². The molecule has 2 aromatic rings. The first-order chi connectivity index (χ1) is 6.98. The Morgan fingerprint density at radius 2 is 2.07 bits per heavy atom. The molecule has 0 amide bonds. The number of nitrogen functional groups attached to an aromatic ring is 1. The van der Waals surface area contributed by atoms with Gasteiger partial charge in [0.1, 0.15) is 4.88 Å². The van der Waals surface area contributed by atoms with Crippen molar-refractivity contribution in [1.82, 2.24) is 19.7 Å². The molecule has 0 saturated heterocycles. The molecule has 0 aliphatic carbocycles. The molecule has 7 heteroatoms. The molecule has 0 fully saturated rings. The highest BCUT2D eigenvalue weighted by atomic mass is 32.1. The van der Waals surface area contributed by atoms with Crippen LogP contribution in [0.3, 0.4) is 0 Å². The maximum atomic E-state index is 5.39. The van der Waals surface area contributed by atoms with Crippen LogP contribution in [0.25, 0.3) is 10.8 Å². The Morgan fingerprint density at radius 3 is 2.60 bits per heavy atom. The summed E-state index contributed by atoms with van der Waals surface area (Å²) in [6, 6.07) is 0. The Bertz CT molecular complexity index is 469. The third-order valence-electron chi connectivity index (χ3n) is 1.83. The molecular weight excluding hydrogens is 214 g/mol. The third-order valence-corrected chi connectivity index (χ3v) is 2.55. The van der Waals surface area contributed by atoms with E-state index in [9.17, 15) is 0 Å². The fraction of sp³-hybridized carbons (Fsp3) is 0.500. The molecule has 0 bridgehead atoms. The van der Waals surface area contributed by atoms with Gasteiger partial charge in [-0.15, -0.1) is 5.10 Å². The van der Waals surface area contributed by atoms with Gasteiger partial charge in [-0.25, -0.2) is 0 Å². The average molecular weight is 225 g/mol. The predicted molar refractivity (Wildman–Crippen MR) is 56.3 cm³/mol. The second-order valence-corrected chi connectivity index (χ2v) is 4.91. The van der Waals surface area contributed by atoms with Gasteiger partial charge in [-0.3, -0.25) is 0 Å². The number of anilines is 1. The van der Waals surface area contributed by atoms with Gasteiger partial charge in [0.25, 0.3) is 11.8 Å². The van der Waals surface area contributed by atoms with E-state index in [1.165, 1.54) is 11.5 Å². The lowest BCUT2D eigenvalue weighted by atomic mass is 9.91. The van der Waals surface area contributed by atoms with Crippen LogP contribution in [0, 0.1) is 0 Å². The molecule has 6 nitrogen and oxygen atoms in total. The van der Waals surface area contributed by atoms with Crippen LogP contribution in [0.1, 0.15) is 26.5 Å². The van der Waals surface area contributed by atoms with Crippen molar-refractivity contribution in [3.05, 3.63) is 5.69 Å². The molecule has 2 heterocycles. The molecule has 0 saturated carbocycles. The van der Waals surface area contributed by atoms with E-state index >= 15 is 0 Å². The molecule has 2 aromatic heterocycles. The van der Waals surface area contributed by atoms with Crippen LogP contribution < -0.4 is 5.73 Å². The summed E-state index contributed by atoms with van der Waals surface area (Å²) in [4.78, 5) is 4.74. The third kappa shape index (κ3) is 1.82. The van der Waals surface area contributed by atoms with Gasteiger partial charge in [0.05, 0.1) is 5.69 Å². The minimum atomic E-state index is -0.106. The summed E-state index contributed by atoms with van der Waals surface area (Å²) in [5.41, 5.74) is 6.13. The molecule has 0 aliphatic heterocycles. The summed E-state index contributed by atoms with van der Waals surface area (Å²) < 4.78 is 8.89. The van der Waals surface area contributed by atoms with Gasteiger partial charge >= 0.3 is 0 Å². The summed E-state index contributed by atoms with van der Waals surface area (Å²) in [7, 11) is 0. The van der Waals surface area contributed by atoms with Crippen molar-refractivity contribution in [3.8, 4) is 10.8 Å². The number of aromatic nitrogens is 4. The van der Waals surface area contributed by atoms with Crippen LogP contribution in [0.2, 0.25) is 0 Å². The first-order valence-corrected chi connectivity index (χ1v) is 5.18. The summed E-state index contributed by atoms with van der Waals surface area (Å²) in [5, 5.41) is 7.61. The molecule has 15 heavy (non-hydrogen) atoms. The molecule has 0 unspecified atom stereocenters. The van der Waals surface area contributed by atoms with Crippen LogP contribution in [0.5, 0.6) is 0 Å². The van der Waals surface area contributed by atoms with E-state index in [0.717, 1.165) is 10.6 Å². The standard InChI is InChI=1S/C8H11N5OS/c1-8(2,3)5-4(15-13-11-5)6-10-7(9)12-14-6/h1-3H3,(H2,9,12). The average Bonchev–Trinajstić information content (AvgIpc) is 2.68.